The van der Waals surface area contributed by atoms with E-state index in [2.05, 4.69) is 25.6 Å². The number of thiazole rings is 1. The number of sulfonamides is 1. The molecule has 1 aromatic carbocycles. The van der Waals surface area contributed by atoms with Crippen LogP contribution in [0.25, 0.3) is 0 Å². The van der Waals surface area contributed by atoms with Crippen molar-refractivity contribution < 1.29 is 23.1 Å². The number of aromatic nitrogens is 1. The minimum atomic E-state index is -3.97. The number of hydrogen-bond acceptors (Lipinski definition) is 6. The van der Waals surface area contributed by atoms with Crippen LogP contribution in [0, 0.1) is 0 Å². The van der Waals surface area contributed by atoms with Gasteiger partial charge in [-0.05, 0) is 30.2 Å². The van der Waals surface area contributed by atoms with Gasteiger partial charge in [0.25, 0.3) is 10.0 Å². The SMILES string of the molecule is O=C(O)c1ncsc1S(=O)(=O)NC1COc2ccc(Br)cc2C1. The van der Waals surface area contributed by atoms with E-state index in [9.17, 15) is 13.2 Å². The number of nitrogens with one attached hydrogen (secondary N) is 1. The number of fused-ring (bicyclic) bond motifs is 1. The maximum Gasteiger partial charge on any atom is 0.356 e. The van der Waals surface area contributed by atoms with Gasteiger partial charge in [-0.15, -0.1) is 11.3 Å². The molecule has 1 atom stereocenters. The largest absolute Gasteiger partial charge is 0.492 e. The zero-order chi connectivity index (χ0) is 16.6. The molecule has 2 heterocycles. The first-order valence-corrected chi connectivity index (χ1v) is 9.63. The predicted molar refractivity (Wildman–Crippen MR) is 86.5 cm³/mol. The van der Waals surface area contributed by atoms with Crippen LogP contribution in [0.2, 0.25) is 0 Å². The number of aromatic carboxylic acids is 1. The van der Waals surface area contributed by atoms with E-state index in [-0.39, 0.29) is 10.8 Å². The van der Waals surface area contributed by atoms with Gasteiger partial charge in [0.2, 0.25) is 0 Å². The lowest BCUT2D eigenvalue weighted by atomic mass is 10.0. The first kappa shape index (κ1) is 16.4. The highest BCUT2D eigenvalue weighted by Gasteiger charge is 2.30. The second-order valence-corrected chi connectivity index (χ2v) is 8.56. The van der Waals surface area contributed by atoms with Crippen LogP contribution in [0.3, 0.4) is 0 Å². The molecular weight excluding hydrogens is 408 g/mol. The number of halogens is 1. The van der Waals surface area contributed by atoms with Crippen molar-refractivity contribution in [3.05, 3.63) is 39.4 Å². The summed E-state index contributed by atoms with van der Waals surface area (Å²) in [6.07, 6.45) is 0.454. The summed E-state index contributed by atoms with van der Waals surface area (Å²) in [7, 11) is -3.97. The Labute approximate surface area is 144 Å². The molecule has 1 aliphatic rings. The smallest absolute Gasteiger partial charge is 0.356 e. The van der Waals surface area contributed by atoms with Crippen molar-refractivity contribution in [2.75, 3.05) is 6.61 Å². The predicted octanol–water partition coefficient (Wildman–Crippen LogP) is 1.89. The lowest BCUT2D eigenvalue weighted by Gasteiger charge is -2.25. The Balaban J connectivity index is 1.82. The standard InChI is InChI=1S/C13H11BrN2O5S2/c14-8-1-2-10-7(3-8)4-9(5-21-10)16-23(19,20)13-11(12(17)18)15-6-22-13/h1-3,6,9,16H,4-5H2,(H,17,18). The monoisotopic (exact) mass is 418 g/mol. The Hall–Kier alpha value is -1.49. The van der Waals surface area contributed by atoms with Crippen molar-refractivity contribution in [2.24, 2.45) is 0 Å². The van der Waals surface area contributed by atoms with Crippen molar-refractivity contribution in [2.45, 2.75) is 16.7 Å². The van der Waals surface area contributed by atoms with Crippen LogP contribution in [0.1, 0.15) is 16.1 Å². The molecule has 0 fully saturated rings. The molecule has 1 aromatic heterocycles. The van der Waals surface area contributed by atoms with Gasteiger partial charge in [0, 0.05) is 4.47 Å². The molecule has 1 unspecified atom stereocenters. The number of carboxylic acid groups (broad SMARTS) is 1. The van der Waals surface area contributed by atoms with E-state index < -0.39 is 27.7 Å². The van der Waals surface area contributed by atoms with E-state index in [0.29, 0.717) is 12.2 Å². The molecule has 1 aliphatic heterocycles. The maximum atomic E-state index is 12.4. The quantitative estimate of drug-likeness (QED) is 0.784. The number of benzene rings is 1. The highest BCUT2D eigenvalue weighted by molar-refractivity contribution is 9.10. The molecule has 0 spiro atoms. The summed E-state index contributed by atoms with van der Waals surface area (Å²) >= 11 is 4.13. The number of rotatable bonds is 4. The molecule has 2 N–H and O–H groups in total. The highest BCUT2D eigenvalue weighted by atomic mass is 79.9. The van der Waals surface area contributed by atoms with Gasteiger partial charge in [0.15, 0.2) is 9.90 Å². The van der Waals surface area contributed by atoms with Crippen LogP contribution in [-0.2, 0) is 16.4 Å². The molecule has 0 bridgehead atoms. The summed E-state index contributed by atoms with van der Waals surface area (Å²) in [5, 5.41) is 9.01. The number of carboxylic acids is 1. The molecule has 122 valence electrons. The Bertz CT molecular complexity index is 865. The van der Waals surface area contributed by atoms with Gasteiger partial charge in [-0.25, -0.2) is 22.9 Å². The molecule has 0 saturated heterocycles. The van der Waals surface area contributed by atoms with E-state index in [1.54, 1.807) is 0 Å². The summed E-state index contributed by atoms with van der Waals surface area (Å²) in [5.74, 6) is -0.659. The van der Waals surface area contributed by atoms with Crippen molar-refractivity contribution in [3.63, 3.8) is 0 Å². The van der Waals surface area contributed by atoms with Gasteiger partial charge in [0.05, 0.1) is 11.6 Å². The van der Waals surface area contributed by atoms with E-state index >= 15 is 0 Å². The molecule has 0 aliphatic carbocycles. The average Bonchev–Trinajstić information content (AvgIpc) is 2.97. The number of nitrogens with zero attached hydrogens (tertiary/aromatic N) is 1. The van der Waals surface area contributed by atoms with Gasteiger partial charge >= 0.3 is 5.97 Å². The topological polar surface area (TPSA) is 106 Å². The Morgan fingerprint density at radius 3 is 3.00 bits per heavy atom. The third-order valence-electron chi connectivity index (χ3n) is 3.23. The molecule has 2 aromatic rings. The molecule has 10 heteroatoms. The van der Waals surface area contributed by atoms with E-state index in [4.69, 9.17) is 9.84 Å². The fourth-order valence-corrected chi connectivity index (χ4v) is 5.07. The lowest BCUT2D eigenvalue weighted by molar-refractivity contribution is 0.0687. The Morgan fingerprint density at radius 1 is 1.48 bits per heavy atom. The minimum Gasteiger partial charge on any atom is -0.492 e. The Morgan fingerprint density at radius 2 is 2.26 bits per heavy atom. The van der Waals surface area contributed by atoms with Crippen LogP contribution >= 0.6 is 27.3 Å². The highest BCUT2D eigenvalue weighted by Crippen LogP contribution is 2.29. The third-order valence-corrected chi connectivity index (χ3v) is 6.62. The minimum absolute atomic E-state index is 0.176. The van der Waals surface area contributed by atoms with Crippen molar-refractivity contribution in [3.8, 4) is 5.75 Å². The van der Waals surface area contributed by atoms with Crippen molar-refractivity contribution in [1.29, 1.82) is 0 Å². The number of ether oxygens (including phenoxy) is 1. The van der Waals surface area contributed by atoms with Crippen LogP contribution in [0.4, 0.5) is 0 Å². The normalized spacial score (nSPS) is 17.3. The van der Waals surface area contributed by atoms with Crippen LogP contribution in [-0.4, -0.2) is 37.1 Å². The van der Waals surface area contributed by atoms with Gasteiger partial charge in [-0.2, -0.15) is 0 Å². The zero-order valence-electron chi connectivity index (χ0n) is 11.5. The van der Waals surface area contributed by atoms with Gasteiger partial charge in [0.1, 0.15) is 12.4 Å². The van der Waals surface area contributed by atoms with E-state index in [1.165, 1.54) is 5.51 Å². The van der Waals surface area contributed by atoms with Gasteiger partial charge < -0.3 is 9.84 Å². The molecule has 0 saturated carbocycles. The summed E-state index contributed by atoms with van der Waals surface area (Å²) in [6, 6.07) is 5.05. The van der Waals surface area contributed by atoms with E-state index in [1.807, 2.05) is 18.2 Å². The molecule has 23 heavy (non-hydrogen) atoms. The first-order chi connectivity index (χ1) is 10.9. The average molecular weight is 419 g/mol. The Kier molecular flexibility index (Phi) is 4.41. The van der Waals surface area contributed by atoms with E-state index in [0.717, 1.165) is 21.4 Å². The maximum absolute atomic E-state index is 12.4. The zero-order valence-corrected chi connectivity index (χ0v) is 14.7. The first-order valence-electron chi connectivity index (χ1n) is 6.47. The van der Waals surface area contributed by atoms with Crippen LogP contribution < -0.4 is 9.46 Å². The fraction of sp³-hybridized carbons (Fsp3) is 0.231. The van der Waals surface area contributed by atoms with Gasteiger partial charge in [-0.1, -0.05) is 15.9 Å². The van der Waals surface area contributed by atoms with Gasteiger partial charge in [-0.3, -0.25) is 0 Å². The molecule has 0 radical (unpaired) electrons. The third kappa shape index (κ3) is 3.39. The van der Waals surface area contributed by atoms with Crippen LogP contribution in [0.15, 0.2) is 32.4 Å². The fourth-order valence-electron chi connectivity index (χ4n) is 2.28. The second kappa shape index (κ2) is 6.19. The second-order valence-electron chi connectivity index (χ2n) is 4.88. The molecule has 0 amide bonds. The molecule has 3 rings (SSSR count). The van der Waals surface area contributed by atoms with Crippen molar-refractivity contribution >= 4 is 43.3 Å². The summed E-state index contributed by atoms with van der Waals surface area (Å²) in [6.45, 7) is 0.176. The number of hydrogen-bond donors (Lipinski definition) is 2. The summed E-state index contributed by atoms with van der Waals surface area (Å²) in [5.41, 5.74) is 1.60. The number of carbonyl (C=O) groups is 1. The van der Waals surface area contributed by atoms with Crippen molar-refractivity contribution in [1.82, 2.24) is 9.71 Å². The summed E-state index contributed by atoms with van der Waals surface area (Å²) in [4.78, 5) is 14.6. The molecular formula is C13H11BrN2O5S2. The van der Waals surface area contributed by atoms with Crippen LogP contribution in [0.5, 0.6) is 5.75 Å². The lowest BCUT2D eigenvalue weighted by Crippen LogP contribution is -2.42. The molecule has 7 nitrogen and oxygen atoms in total. The summed E-state index contributed by atoms with van der Waals surface area (Å²) < 4.78 is 33.4.